The van der Waals surface area contributed by atoms with E-state index in [4.69, 9.17) is 0 Å². The van der Waals surface area contributed by atoms with E-state index in [9.17, 15) is 5.26 Å². The number of hydrogen-bond acceptors (Lipinski definition) is 3. The van der Waals surface area contributed by atoms with Crippen molar-refractivity contribution in [1.82, 2.24) is 9.97 Å². The molecule has 1 aliphatic heterocycles. The Labute approximate surface area is 160 Å². The van der Waals surface area contributed by atoms with Gasteiger partial charge < -0.3 is 9.88 Å². The molecular formula is C23H24N4. The average molecular weight is 356 g/mol. The molecule has 0 saturated heterocycles. The molecule has 0 bridgehead atoms. The molecule has 136 valence electrons. The zero-order chi connectivity index (χ0) is 19.2. The van der Waals surface area contributed by atoms with Gasteiger partial charge in [-0.2, -0.15) is 5.26 Å². The summed E-state index contributed by atoms with van der Waals surface area (Å²) in [5, 5.41) is 9.68. The minimum Gasteiger partial charge on any atom is -0.369 e. The Kier molecular flexibility index (Phi) is 4.04. The first-order valence-electron chi connectivity index (χ1n) is 9.34. The largest absolute Gasteiger partial charge is 0.369 e. The molecule has 0 aliphatic carbocycles. The Hall–Kier alpha value is -3.06. The van der Waals surface area contributed by atoms with Gasteiger partial charge in [-0.1, -0.05) is 25.1 Å². The number of nitrogens with zero attached hydrogens (tertiary/aromatic N) is 3. The van der Waals surface area contributed by atoms with E-state index in [2.05, 4.69) is 67.0 Å². The number of rotatable bonds is 2. The maximum Gasteiger partial charge on any atom is 0.149 e. The first-order valence-corrected chi connectivity index (χ1v) is 9.34. The summed E-state index contributed by atoms with van der Waals surface area (Å²) in [7, 11) is 2.16. The lowest BCUT2D eigenvalue weighted by molar-refractivity contribution is 0.395. The summed E-state index contributed by atoms with van der Waals surface area (Å²) in [5.74, 6) is 1.10. The summed E-state index contributed by atoms with van der Waals surface area (Å²) in [6.07, 6.45) is 3.03. The summed E-state index contributed by atoms with van der Waals surface area (Å²) in [5.41, 5.74) is 6.16. The summed E-state index contributed by atoms with van der Waals surface area (Å²) in [4.78, 5) is 10.2. The molecule has 1 aliphatic rings. The van der Waals surface area contributed by atoms with Gasteiger partial charge in [0.25, 0.3) is 0 Å². The highest BCUT2D eigenvalue weighted by Gasteiger charge is 2.33. The summed E-state index contributed by atoms with van der Waals surface area (Å²) < 4.78 is 0. The lowest BCUT2D eigenvalue weighted by Crippen LogP contribution is -2.45. The van der Waals surface area contributed by atoms with Crippen LogP contribution in [0.5, 0.6) is 0 Å². The second-order valence-corrected chi connectivity index (χ2v) is 8.07. The minimum absolute atomic E-state index is 0.149. The van der Waals surface area contributed by atoms with E-state index in [1.54, 1.807) is 0 Å². The van der Waals surface area contributed by atoms with E-state index in [0.29, 0.717) is 17.3 Å². The zero-order valence-corrected chi connectivity index (χ0v) is 16.2. The van der Waals surface area contributed by atoms with Gasteiger partial charge in [0.1, 0.15) is 11.9 Å². The Morgan fingerprint density at radius 1 is 1.30 bits per heavy atom. The van der Waals surface area contributed by atoms with E-state index in [-0.39, 0.29) is 5.54 Å². The third kappa shape index (κ3) is 3.00. The molecule has 0 fully saturated rings. The van der Waals surface area contributed by atoms with Crippen LogP contribution in [0.2, 0.25) is 0 Å². The normalized spacial score (nSPS) is 19.0. The first kappa shape index (κ1) is 17.4. The van der Waals surface area contributed by atoms with Crippen LogP contribution in [0.25, 0.3) is 22.7 Å². The van der Waals surface area contributed by atoms with Crippen molar-refractivity contribution < 1.29 is 0 Å². The summed E-state index contributed by atoms with van der Waals surface area (Å²) in [6, 6.07) is 16.6. The zero-order valence-electron chi connectivity index (χ0n) is 16.2. The van der Waals surface area contributed by atoms with Crippen molar-refractivity contribution in [2.24, 2.45) is 0 Å². The van der Waals surface area contributed by atoms with Gasteiger partial charge in [-0.3, -0.25) is 0 Å². The van der Waals surface area contributed by atoms with Crippen LogP contribution in [0, 0.1) is 11.3 Å². The van der Waals surface area contributed by atoms with Crippen LogP contribution in [0.4, 0.5) is 5.69 Å². The molecule has 1 unspecified atom stereocenters. The van der Waals surface area contributed by atoms with Crippen molar-refractivity contribution in [2.75, 3.05) is 11.9 Å². The molecule has 4 rings (SSSR count). The molecule has 0 spiro atoms. The standard InChI is InChI=1S/C23H24N4/c1-15-13-23(2,3)27(4)21-10-9-16(12-18(15)21)11-17(14-24)22-25-19-7-5-6-8-20(19)26-22/h5-12,15H,13H2,1-4H3,(H,25,26)/b17-11+. The highest BCUT2D eigenvalue weighted by Crippen LogP contribution is 2.42. The predicted molar refractivity (Wildman–Crippen MR) is 112 cm³/mol. The number of hydrogen-bond donors (Lipinski definition) is 1. The van der Waals surface area contributed by atoms with E-state index >= 15 is 0 Å². The maximum atomic E-state index is 9.68. The lowest BCUT2D eigenvalue weighted by atomic mass is 9.80. The van der Waals surface area contributed by atoms with Crippen LogP contribution >= 0.6 is 0 Å². The second kappa shape index (κ2) is 6.28. The van der Waals surface area contributed by atoms with Crippen LogP contribution in [-0.4, -0.2) is 22.6 Å². The Morgan fingerprint density at radius 3 is 2.81 bits per heavy atom. The molecule has 4 nitrogen and oxygen atoms in total. The fraction of sp³-hybridized carbons (Fsp3) is 0.304. The number of aromatic nitrogens is 2. The van der Waals surface area contributed by atoms with Gasteiger partial charge in [0, 0.05) is 18.3 Å². The Bertz CT molecular complexity index is 1050. The van der Waals surface area contributed by atoms with Crippen LogP contribution in [0.15, 0.2) is 42.5 Å². The smallest absolute Gasteiger partial charge is 0.149 e. The molecule has 0 radical (unpaired) electrons. The molecule has 1 aromatic heterocycles. The topological polar surface area (TPSA) is 55.7 Å². The van der Waals surface area contributed by atoms with Crippen LogP contribution in [0.3, 0.4) is 0 Å². The molecule has 2 heterocycles. The number of aromatic amines is 1. The van der Waals surface area contributed by atoms with Crippen molar-refractivity contribution >= 4 is 28.4 Å². The van der Waals surface area contributed by atoms with Gasteiger partial charge in [0.15, 0.2) is 0 Å². The number of para-hydroxylation sites is 2. The van der Waals surface area contributed by atoms with E-state index in [1.165, 1.54) is 11.3 Å². The molecule has 1 atom stereocenters. The number of anilines is 1. The highest BCUT2D eigenvalue weighted by atomic mass is 15.2. The number of imidazole rings is 1. The Morgan fingerprint density at radius 2 is 2.07 bits per heavy atom. The summed E-state index contributed by atoms with van der Waals surface area (Å²) in [6.45, 7) is 6.86. The third-order valence-corrected chi connectivity index (χ3v) is 5.73. The third-order valence-electron chi connectivity index (χ3n) is 5.73. The number of H-pyrrole nitrogens is 1. The van der Waals surface area contributed by atoms with Gasteiger partial charge in [-0.25, -0.2) is 4.98 Å². The second-order valence-electron chi connectivity index (χ2n) is 8.07. The van der Waals surface area contributed by atoms with Gasteiger partial charge in [-0.05, 0) is 67.7 Å². The number of allylic oxidation sites excluding steroid dienone is 1. The molecule has 4 heteroatoms. The van der Waals surface area contributed by atoms with Crippen molar-refractivity contribution in [3.63, 3.8) is 0 Å². The molecule has 1 N–H and O–H groups in total. The lowest BCUT2D eigenvalue weighted by Gasteiger charge is -2.45. The van der Waals surface area contributed by atoms with E-state index < -0.39 is 0 Å². The molecule has 27 heavy (non-hydrogen) atoms. The predicted octanol–water partition coefficient (Wildman–Crippen LogP) is 5.35. The average Bonchev–Trinajstić information content (AvgIpc) is 3.08. The SMILES string of the molecule is CC1CC(C)(C)N(C)c2ccc(/C=C(\C#N)c3nc4ccccc4[nH]3)cc21. The summed E-state index contributed by atoms with van der Waals surface area (Å²) >= 11 is 0. The molecular weight excluding hydrogens is 332 g/mol. The number of nitriles is 1. The van der Waals surface area contributed by atoms with Gasteiger partial charge in [0.2, 0.25) is 0 Å². The fourth-order valence-corrected chi connectivity index (χ4v) is 4.09. The number of benzene rings is 2. The van der Waals surface area contributed by atoms with Gasteiger partial charge in [0.05, 0.1) is 16.6 Å². The van der Waals surface area contributed by atoms with Crippen LogP contribution < -0.4 is 4.90 Å². The molecule has 0 amide bonds. The van der Waals surface area contributed by atoms with E-state index in [1.807, 2.05) is 30.3 Å². The van der Waals surface area contributed by atoms with Crippen molar-refractivity contribution in [1.29, 1.82) is 5.26 Å². The van der Waals surface area contributed by atoms with Crippen molar-refractivity contribution in [3.05, 3.63) is 59.4 Å². The molecule has 0 saturated carbocycles. The van der Waals surface area contributed by atoms with Gasteiger partial charge >= 0.3 is 0 Å². The Balaban J connectivity index is 1.75. The van der Waals surface area contributed by atoms with Crippen LogP contribution in [0.1, 0.15) is 50.1 Å². The monoisotopic (exact) mass is 356 g/mol. The van der Waals surface area contributed by atoms with Gasteiger partial charge in [-0.15, -0.1) is 0 Å². The minimum atomic E-state index is 0.149. The fourth-order valence-electron chi connectivity index (χ4n) is 4.09. The van der Waals surface area contributed by atoms with Crippen molar-refractivity contribution in [3.8, 4) is 6.07 Å². The number of fused-ring (bicyclic) bond motifs is 2. The number of nitrogens with one attached hydrogen (secondary N) is 1. The van der Waals surface area contributed by atoms with E-state index in [0.717, 1.165) is 23.0 Å². The molecule has 3 aromatic rings. The van der Waals surface area contributed by atoms with Crippen LogP contribution in [-0.2, 0) is 0 Å². The van der Waals surface area contributed by atoms with Crippen molar-refractivity contribution in [2.45, 2.75) is 38.6 Å². The maximum absolute atomic E-state index is 9.68. The molecule has 2 aromatic carbocycles. The quantitative estimate of drug-likeness (QED) is 0.630. The highest BCUT2D eigenvalue weighted by molar-refractivity contribution is 5.90. The first-order chi connectivity index (χ1) is 12.9.